The number of benzene rings is 2. The highest BCUT2D eigenvalue weighted by molar-refractivity contribution is 5.79. The highest BCUT2D eigenvalue weighted by atomic mass is 16.1. The van der Waals surface area contributed by atoms with E-state index in [2.05, 4.69) is 53.7 Å². The summed E-state index contributed by atoms with van der Waals surface area (Å²) in [4.78, 5) is 12.5. The number of hydrogen-bond acceptors (Lipinski definition) is 4. The van der Waals surface area contributed by atoms with Crippen LogP contribution in [0.1, 0.15) is 30.5 Å². The molecule has 0 atom stereocenters. The number of hydrogen-bond donors (Lipinski definition) is 1. The van der Waals surface area contributed by atoms with E-state index in [4.69, 9.17) is 0 Å². The van der Waals surface area contributed by atoms with Crippen LogP contribution in [0.2, 0.25) is 0 Å². The predicted octanol–water partition coefficient (Wildman–Crippen LogP) is 2.65. The van der Waals surface area contributed by atoms with Crippen LogP contribution in [0, 0.1) is 6.92 Å². The van der Waals surface area contributed by atoms with Crippen molar-refractivity contribution < 1.29 is 4.79 Å². The van der Waals surface area contributed by atoms with Crippen molar-refractivity contribution in [3.05, 3.63) is 71.5 Å². The molecule has 134 valence electrons. The van der Waals surface area contributed by atoms with E-state index in [-0.39, 0.29) is 11.4 Å². The third-order valence-corrected chi connectivity index (χ3v) is 4.29. The van der Waals surface area contributed by atoms with Crippen molar-refractivity contribution >= 4 is 5.91 Å². The standard InChI is InChI=1S/C20H23N5O/c1-15-6-4-5-7-17(15)13-20(2,3)22-19(26)12-16-8-10-18(11-9-16)25-14-21-23-24-25/h4-11,14H,12-13H2,1-3H3,(H,22,26). The molecule has 0 radical (unpaired) electrons. The molecular weight excluding hydrogens is 326 g/mol. The van der Waals surface area contributed by atoms with Crippen LogP contribution in [0.3, 0.4) is 0 Å². The normalized spacial score (nSPS) is 11.3. The van der Waals surface area contributed by atoms with E-state index in [0.29, 0.717) is 6.42 Å². The molecule has 6 heteroatoms. The van der Waals surface area contributed by atoms with Crippen molar-refractivity contribution in [2.75, 3.05) is 0 Å². The highest BCUT2D eigenvalue weighted by Crippen LogP contribution is 2.17. The summed E-state index contributed by atoms with van der Waals surface area (Å²) < 4.78 is 1.58. The lowest BCUT2D eigenvalue weighted by atomic mass is 9.92. The topological polar surface area (TPSA) is 72.7 Å². The zero-order chi connectivity index (χ0) is 18.6. The monoisotopic (exact) mass is 349 g/mol. The van der Waals surface area contributed by atoms with Crippen molar-refractivity contribution in [3.63, 3.8) is 0 Å². The Morgan fingerprint density at radius 1 is 1.12 bits per heavy atom. The SMILES string of the molecule is Cc1ccccc1CC(C)(C)NC(=O)Cc1ccc(-n2cnnn2)cc1. The van der Waals surface area contributed by atoms with E-state index < -0.39 is 0 Å². The molecule has 0 aliphatic rings. The molecule has 0 spiro atoms. The van der Waals surface area contributed by atoms with E-state index in [0.717, 1.165) is 17.7 Å². The molecule has 0 aliphatic heterocycles. The number of amides is 1. The number of tetrazole rings is 1. The average molecular weight is 349 g/mol. The van der Waals surface area contributed by atoms with Gasteiger partial charge in [0.1, 0.15) is 6.33 Å². The van der Waals surface area contributed by atoms with E-state index >= 15 is 0 Å². The molecule has 1 N–H and O–H groups in total. The molecule has 0 fully saturated rings. The van der Waals surface area contributed by atoms with Gasteiger partial charge in [0.2, 0.25) is 5.91 Å². The number of rotatable bonds is 6. The minimum Gasteiger partial charge on any atom is -0.351 e. The number of aryl methyl sites for hydroxylation is 1. The molecule has 0 saturated carbocycles. The van der Waals surface area contributed by atoms with E-state index in [1.807, 2.05) is 36.4 Å². The van der Waals surface area contributed by atoms with Crippen LogP contribution < -0.4 is 5.32 Å². The van der Waals surface area contributed by atoms with Crippen molar-refractivity contribution in [3.8, 4) is 5.69 Å². The van der Waals surface area contributed by atoms with Crippen LogP contribution in [0.25, 0.3) is 5.69 Å². The lowest BCUT2D eigenvalue weighted by molar-refractivity contribution is -0.122. The summed E-state index contributed by atoms with van der Waals surface area (Å²) in [5.74, 6) is 0.0127. The maximum atomic E-state index is 12.5. The van der Waals surface area contributed by atoms with Crippen LogP contribution in [-0.2, 0) is 17.6 Å². The van der Waals surface area contributed by atoms with Crippen LogP contribution in [0.4, 0.5) is 0 Å². The second-order valence-corrected chi connectivity index (χ2v) is 7.13. The highest BCUT2D eigenvalue weighted by Gasteiger charge is 2.21. The van der Waals surface area contributed by atoms with Crippen molar-refractivity contribution in [1.29, 1.82) is 0 Å². The largest absolute Gasteiger partial charge is 0.351 e. The molecule has 0 saturated heterocycles. The molecule has 1 amide bonds. The Balaban J connectivity index is 1.60. The number of carbonyl (C=O) groups excluding carboxylic acids is 1. The first kappa shape index (κ1) is 17.8. The van der Waals surface area contributed by atoms with Gasteiger partial charge in [-0.25, -0.2) is 4.68 Å². The molecule has 3 aromatic rings. The van der Waals surface area contributed by atoms with Gasteiger partial charge in [-0.1, -0.05) is 36.4 Å². The summed E-state index contributed by atoms with van der Waals surface area (Å²) in [7, 11) is 0. The van der Waals surface area contributed by atoms with Crippen molar-refractivity contribution in [2.24, 2.45) is 0 Å². The maximum Gasteiger partial charge on any atom is 0.224 e. The number of nitrogens with one attached hydrogen (secondary N) is 1. The fraction of sp³-hybridized carbons (Fsp3) is 0.300. The summed E-state index contributed by atoms with van der Waals surface area (Å²) in [5.41, 5.74) is 4.00. The number of aromatic nitrogens is 4. The van der Waals surface area contributed by atoms with Gasteiger partial charge in [-0.05, 0) is 66.4 Å². The van der Waals surface area contributed by atoms with Crippen LogP contribution in [-0.4, -0.2) is 31.7 Å². The summed E-state index contributed by atoms with van der Waals surface area (Å²) in [6, 6.07) is 15.9. The smallest absolute Gasteiger partial charge is 0.224 e. The molecule has 2 aromatic carbocycles. The van der Waals surface area contributed by atoms with Gasteiger partial charge in [0.25, 0.3) is 0 Å². The summed E-state index contributed by atoms with van der Waals surface area (Å²) >= 11 is 0. The molecule has 3 rings (SSSR count). The van der Waals surface area contributed by atoms with E-state index in [1.54, 1.807) is 4.68 Å². The third-order valence-electron chi connectivity index (χ3n) is 4.29. The second-order valence-electron chi connectivity index (χ2n) is 7.13. The van der Waals surface area contributed by atoms with Gasteiger partial charge in [-0.3, -0.25) is 4.79 Å². The summed E-state index contributed by atoms with van der Waals surface area (Å²) in [6.45, 7) is 6.20. The van der Waals surface area contributed by atoms with Crippen LogP contribution >= 0.6 is 0 Å². The molecule has 0 unspecified atom stereocenters. The fourth-order valence-corrected chi connectivity index (χ4v) is 2.98. The Kier molecular flexibility index (Phi) is 5.11. The van der Waals surface area contributed by atoms with Crippen LogP contribution in [0.15, 0.2) is 54.9 Å². The zero-order valence-corrected chi connectivity index (χ0v) is 15.3. The van der Waals surface area contributed by atoms with Crippen LogP contribution in [0.5, 0.6) is 0 Å². The Morgan fingerprint density at radius 2 is 1.85 bits per heavy atom. The molecule has 1 aromatic heterocycles. The molecular formula is C20H23N5O. The molecule has 26 heavy (non-hydrogen) atoms. The van der Waals surface area contributed by atoms with Gasteiger partial charge in [0, 0.05) is 5.54 Å². The average Bonchev–Trinajstić information content (AvgIpc) is 3.11. The lowest BCUT2D eigenvalue weighted by Gasteiger charge is -2.27. The van der Waals surface area contributed by atoms with Crippen molar-refractivity contribution in [2.45, 2.75) is 39.2 Å². The number of nitrogens with zero attached hydrogens (tertiary/aromatic N) is 4. The minimum atomic E-state index is -0.310. The molecule has 0 bridgehead atoms. The van der Waals surface area contributed by atoms with Gasteiger partial charge >= 0.3 is 0 Å². The Hall–Kier alpha value is -3.02. The van der Waals surface area contributed by atoms with E-state index in [9.17, 15) is 4.79 Å². The molecule has 0 aliphatic carbocycles. The quantitative estimate of drug-likeness (QED) is 0.742. The zero-order valence-electron chi connectivity index (χ0n) is 15.3. The first-order valence-corrected chi connectivity index (χ1v) is 8.61. The Bertz CT molecular complexity index is 869. The Labute approximate surface area is 153 Å². The second kappa shape index (κ2) is 7.47. The fourth-order valence-electron chi connectivity index (χ4n) is 2.98. The maximum absolute atomic E-state index is 12.5. The van der Waals surface area contributed by atoms with Gasteiger partial charge in [-0.2, -0.15) is 0 Å². The Morgan fingerprint density at radius 3 is 2.50 bits per heavy atom. The summed E-state index contributed by atoms with van der Waals surface area (Å²) in [6.07, 6.45) is 2.67. The number of carbonyl (C=O) groups is 1. The van der Waals surface area contributed by atoms with Crippen molar-refractivity contribution in [1.82, 2.24) is 25.5 Å². The van der Waals surface area contributed by atoms with Gasteiger partial charge in [0.15, 0.2) is 0 Å². The first-order chi connectivity index (χ1) is 12.4. The molecule has 6 nitrogen and oxygen atoms in total. The summed E-state index contributed by atoms with van der Waals surface area (Å²) in [5, 5.41) is 14.2. The molecule has 1 heterocycles. The first-order valence-electron chi connectivity index (χ1n) is 8.61. The van der Waals surface area contributed by atoms with Gasteiger partial charge in [0.05, 0.1) is 12.1 Å². The van der Waals surface area contributed by atoms with Gasteiger partial charge < -0.3 is 5.32 Å². The van der Waals surface area contributed by atoms with Gasteiger partial charge in [-0.15, -0.1) is 5.10 Å². The van der Waals surface area contributed by atoms with E-state index in [1.165, 1.54) is 17.5 Å². The predicted molar refractivity (Wildman–Crippen MR) is 100.0 cm³/mol. The third kappa shape index (κ3) is 4.53. The lowest BCUT2D eigenvalue weighted by Crippen LogP contribution is -2.45. The minimum absolute atomic E-state index is 0.0127.